The summed E-state index contributed by atoms with van der Waals surface area (Å²) in [6.45, 7) is 3.63. The molecule has 2 N–H and O–H groups in total. The van der Waals surface area contributed by atoms with E-state index in [1.165, 1.54) is 0 Å². The van der Waals surface area contributed by atoms with Crippen molar-refractivity contribution >= 4 is 6.03 Å². The third kappa shape index (κ3) is 3.62. The summed E-state index contributed by atoms with van der Waals surface area (Å²) in [6, 6.07) is 5.73. The number of rotatable bonds is 5. The van der Waals surface area contributed by atoms with Gasteiger partial charge in [0.05, 0.1) is 12.1 Å². The molecular formula is C16H22N2O4. The molecule has 3 rings (SSSR count). The molecule has 1 saturated heterocycles. The molecule has 1 aromatic carbocycles. The quantitative estimate of drug-likeness (QED) is 0.871. The van der Waals surface area contributed by atoms with E-state index in [9.17, 15) is 4.79 Å². The number of urea groups is 1. The average Bonchev–Trinajstić information content (AvgIpc) is 3.18. The first-order chi connectivity index (χ1) is 10.7. The lowest BCUT2D eigenvalue weighted by Gasteiger charge is -2.20. The normalized spacial score (nSPS) is 20.7. The molecule has 0 saturated carbocycles. The fourth-order valence-electron chi connectivity index (χ4n) is 2.76. The van der Waals surface area contributed by atoms with Gasteiger partial charge in [-0.15, -0.1) is 0 Å². The Labute approximate surface area is 130 Å². The summed E-state index contributed by atoms with van der Waals surface area (Å²) in [5.41, 5.74) is 1.11. The van der Waals surface area contributed by atoms with Crippen molar-refractivity contribution in [3.05, 3.63) is 23.8 Å². The standard InChI is InChI=1S/C16H22N2O4/c1-11(13-3-2-8-20-13)18-16(19)17-7-6-12-4-5-14-15(9-12)22-10-21-14/h4-5,9,11,13H,2-3,6-8,10H2,1H3,(H2,17,18,19)/t11-,13-/m1/s1. The zero-order valence-electron chi connectivity index (χ0n) is 12.8. The molecule has 1 aromatic rings. The smallest absolute Gasteiger partial charge is 0.315 e. The van der Waals surface area contributed by atoms with Gasteiger partial charge >= 0.3 is 6.03 Å². The lowest BCUT2D eigenvalue weighted by atomic mass is 10.1. The predicted molar refractivity (Wildman–Crippen MR) is 81.2 cm³/mol. The zero-order chi connectivity index (χ0) is 15.4. The molecule has 0 unspecified atom stereocenters. The third-order valence-corrected chi connectivity index (χ3v) is 4.02. The largest absolute Gasteiger partial charge is 0.454 e. The van der Waals surface area contributed by atoms with Gasteiger partial charge in [-0.05, 0) is 43.9 Å². The SMILES string of the molecule is C[C@@H](NC(=O)NCCc1ccc2c(c1)OCO2)[C@H]1CCCO1. The molecule has 1 fully saturated rings. The van der Waals surface area contributed by atoms with E-state index >= 15 is 0 Å². The summed E-state index contributed by atoms with van der Waals surface area (Å²) in [4.78, 5) is 11.9. The molecule has 0 radical (unpaired) electrons. The lowest BCUT2D eigenvalue weighted by Crippen LogP contribution is -2.46. The third-order valence-electron chi connectivity index (χ3n) is 4.02. The van der Waals surface area contributed by atoms with Crippen LogP contribution >= 0.6 is 0 Å². The van der Waals surface area contributed by atoms with Crippen LogP contribution in [0.4, 0.5) is 4.79 Å². The van der Waals surface area contributed by atoms with Crippen LogP contribution in [-0.2, 0) is 11.2 Å². The van der Waals surface area contributed by atoms with Gasteiger partial charge in [0.15, 0.2) is 11.5 Å². The van der Waals surface area contributed by atoms with Gasteiger partial charge in [-0.2, -0.15) is 0 Å². The van der Waals surface area contributed by atoms with Crippen LogP contribution in [0.15, 0.2) is 18.2 Å². The van der Waals surface area contributed by atoms with Crippen LogP contribution < -0.4 is 20.1 Å². The van der Waals surface area contributed by atoms with Crippen molar-refractivity contribution in [2.24, 2.45) is 0 Å². The Morgan fingerprint density at radius 2 is 2.23 bits per heavy atom. The second kappa shape index (κ2) is 6.87. The monoisotopic (exact) mass is 306 g/mol. The van der Waals surface area contributed by atoms with Gasteiger partial charge in [0, 0.05) is 13.2 Å². The number of nitrogens with one attached hydrogen (secondary N) is 2. The number of ether oxygens (including phenoxy) is 3. The molecule has 0 spiro atoms. The van der Waals surface area contributed by atoms with E-state index in [0.717, 1.165) is 42.9 Å². The van der Waals surface area contributed by atoms with E-state index in [-0.39, 0.29) is 25.0 Å². The van der Waals surface area contributed by atoms with E-state index < -0.39 is 0 Å². The number of carbonyl (C=O) groups excluding carboxylic acids is 1. The molecule has 6 nitrogen and oxygen atoms in total. The summed E-state index contributed by atoms with van der Waals surface area (Å²) >= 11 is 0. The molecule has 2 aliphatic rings. The maximum absolute atomic E-state index is 11.9. The minimum atomic E-state index is -0.149. The second-order valence-corrected chi connectivity index (χ2v) is 5.68. The first-order valence-corrected chi connectivity index (χ1v) is 7.77. The molecule has 0 aliphatic carbocycles. The van der Waals surface area contributed by atoms with E-state index in [4.69, 9.17) is 14.2 Å². The topological polar surface area (TPSA) is 68.8 Å². The van der Waals surface area contributed by atoms with Crippen molar-refractivity contribution < 1.29 is 19.0 Å². The van der Waals surface area contributed by atoms with Crippen molar-refractivity contribution in [3.63, 3.8) is 0 Å². The van der Waals surface area contributed by atoms with Crippen molar-refractivity contribution in [3.8, 4) is 11.5 Å². The molecule has 22 heavy (non-hydrogen) atoms. The molecular weight excluding hydrogens is 284 g/mol. The van der Waals surface area contributed by atoms with Crippen LogP contribution in [0.25, 0.3) is 0 Å². The summed E-state index contributed by atoms with van der Waals surface area (Å²) in [6.07, 6.45) is 2.97. The van der Waals surface area contributed by atoms with Gasteiger partial charge in [-0.3, -0.25) is 0 Å². The summed E-state index contributed by atoms with van der Waals surface area (Å²) in [7, 11) is 0. The number of hydrogen-bond donors (Lipinski definition) is 2. The summed E-state index contributed by atoms with van der Waals surface area (Å²) in [5.74, 6) is 1.55. The van der Waals surface area contributed by atoms with Crippen LogP contribution in [-0.4, -0.2) is 38.1 Å². The molecule has 0 aromatic heterocycles. The molecule has 2 aliphatic heterocycles. The molecule has 0 bridgehead atoms. The second-order valence-electron chi connectivity index (χ2n) is 5.68. The van der Waals surface area contributed by atoms with Gasteiger partial charge in [0.25, 0.3) is 0 Å². The van der Waals surface area contributed by atoms with Crippen LogP contribution in [0.5, 0.6) is 11.5 Å². The fraction of sp³-hybridized carbons (Fsp3) is 0.562. The number of carbonyl (C=O) groups is 1. The van der Waals surface area contributed by atoms with Gasteiger partial charge in [0.2, 0.25) is 6.79 Å². The van der Waals surface area contributed by atoms with E-state index in [2.05, 4.69) is 10.6 Å². The van der Waals surface area contributed by atoms with Crippen LogP contribution in [0, 0.1) is 0 Å². The molecule has 2 atom stereocenters. The van der Waals surface area contributed by atoms with Gasteiger partial charge in [-0.25, -0.2) is 4.79 Å². The Morgan fingerprint density at radius 1 is 1.36 bits per heavy atom. The Morgan fingerprint density at radius 3 is 3.05 bits per heavy atom. The highest BCUT2D eigenvalue weighted by atomic mass is 16.7. The van der Waals surface area contributed by atoms with E-state index in [1.54, 1.807) is 0 Å². The van der Waals surface area contributed by atoms with Crippen LogP contribution in [0.1, 0.15) is 25.3 Å². The summed E-state index contributed by atoms with van der Waals surface area (Å²) in [5, 5.41) is 5.81. The van der Waals surface area contributed by atoms with Gasteiger partial charge in [0.1, 0.15) is 0 Å². The lowest BCUT2D eigenvalue weighted by molar-refractivity contribution is 0.0860. The van der Waals surface area contributed by atoms with Crippen molar-refractivity contribution in [1.82, 2.24) is 10.6 Å². The van der Waals surface area contributed by atoms with Gasteiger partial charge in [-0.1, -0.05) is 6.07 Å². The zero-order valence-corrected chi connectivity index (χ0v) is 12.8. The molecule has 2 amide bonds. The first-order valence-electron chi connectivity index (χ1n) is 7.77. The maximum Gasteiger partial charge on any atom is 0.315 e. The minimum Gasteiger partial charge on any atom is -0.454 e. The molecule has 120 valence electrons. The van der Waals surface area contributed by atoms with Crippen molar-refractivity contribution in [2.75, 3.05) is 19.9 Å². The number of benzene rings is 1. The first kappa shape index (κ1) is 15.0. The highest BCUT2D eigenvalue weighted by Gasteiger charge is 2.23. The van der Waals surface area contributed by atoms with Crippen LogP contribution in [0.3, 0.4) is 0 Å². The number of amides is 2. The Hall–Kier alpha value is -1.95. The number of fused-ring (bicyclic) bond motifs is 1. The predicted octanol–water partition coefficient (Wildman–Crippen LogP) is 1.82. The highest BCUT2D eigenvalue weighted by molar-refractivity contribution is 5.74. The molecule has 6 heteroatoms. The minimum absolute atomic E-state index is 0.0352. The van der Waals surface area contributed by atoms with E-state index in [1.807, 2.05) is 25.1 Å². The maximum atomic E-state index is 11.9. The Balaban J connectivity index is 1.40. The average molecular weight is 306 g/mol. The fourth-order valence-corrected chi connectivity index (χ4v) is 2.76. The Kier molecular flexibility index (Phi) is 4.68. The molecule has 2 heterocycles. The van der Waals surface area contributed by atoms with Gasteiger partial charge < -0.3 is 24.8 Å². The van der Waals surface area contributed by atoms with Crippen LogP contribution in [0.2, 0.25) is 0 Å². The Bertz CT molecular complexity index is 529. The van der Waals surface area contributed by atoms with Crippen molar-refractivity contribution in [1.29, 1.82) is 0 Å². The summed E-state index contributed by atoms with van der Waals surface area (Å²) < 4.78 is 16.2. The number of hydrogen-bond acceptors (Lipinski definition) is 4. The van der Waals surface area contributed by atoms with Crippen molar-refractivity contribution in [2.45, 2.75) is 38.3 Å². The highest BCUT2D eigenvalue weighted by Crippen LogP contribution is 2.32. The van der Waals surface area contributed by atoms with E-state index in [0.29, 0.717) is 6.54 Å².